The van der Waals surface area contributed by atoms with Crippen molar-refractivity contribution in [3.05, 3.63) is 45.2 Å². The summed E-state index contributed by atoms with van der Waals surface area (Å²) < 4.78 is 2.71. The lowest BCUT2D eigenvalue weighted by Crippen LogP contribution is -2.28. The van der Waals surface area contributed by atoms with E-state index in [1.54, 1.807) is 11.6 Å². The number of benzene rings is 1. The summed E-state index contributed by atoms with van der Waals surface area (Å²) >= 11 is 3.52. The fourth-order valence-electron chi connectivity index (χ4n) is 2.22. The Labute approximate surface area is 132 Å². The Bertz CT molecular complexity index is 651. The first-order chi connectivity index (χ1) is 10.0. The topological polar surface area (TPSA) is 59.8 Å². The van der Waals surface area contributed by atoms with E-state index < -0.39 is 0 Å². The molecule has 0 aliphatic rings. The van der Waals surface area contributed by atoms with Gasteiger partial charge in [0.05, 0.1) is 5.69 Å². The summed E-state index contributed by atoms with van der Waals surface area (Å²) in [4.78, 5) is 12.2. The van der Waals surface area contributed by atoms with E-state index in [0.29, 0.717) is 24.5 Å². The molecule has 0 aliphatic heterocycles. The number of rotatable bonds is 5. The van der Waals surface area contributed by atoms with E-state index in [0.717, 1.165) is 10.9 Å². The van der Waals surface area contributed by atoms with E-state index in [1.165, 1.54) is 11.1 Å². The van der Waals surface area contributed by atoms with Crippen LogP contribution in [0.4, 0.5) is 0 Å². The Kier molecular flexibility index (Phi) is 5.12. The van der Waals surface area contributed by atoms with Crippen LogP contribution in [-0.4, -0.2) is 27.4 Å². The van der Waals surface area contributed by atoms with Gasteiger partial charge in [-0.1, -0.05) is 33.3 Å². The lowest BCUT2D eigenvalue weighted by molar-refractivity contribution is 0.0943. The molecule has 0 aliphatic carbocycles. The first kappa shape index (κ1) is 15.7. The largest absolute Gasteiger partial charge is 0.350 e. The van der Waals surface area contributed by atoms with Gasteiger partial charge in [-0.05, 0) is 44.4 Å². The zero-order chi connectivity index (χ0) is 15.4. The predicted octanol–water partition coefficient (Wildman–Crippen LogP) is 2.65. The summed E-state index contributed by atoms with van der Waals surface area (Å²) in [7, 11) is 0. The Morgan fingerprint density at radius 2 is 2.14 bits per heavy atom. The molecule has 2 rings (SSSR count). The number of halogens is 1. The summed E-state index contributed by atoms with van der Waals surface area (Å²) in [6, 6.07) is 6.11. The maximum Gasteiger partial charge on any atom is 0.271 e. The van der Waals surface area contributed by atoms with Crippen LogP contribution >= 0.6 is 15.9 Å². The summed E-state index contributed by atoms with van der Waals surface area (Å²) in [6.45, 7) is 7.03. The highest BCUT2D eigenvalue weighted by Gasteiger charge is 2.16. The minimum absolute atomic E-state index is 0.119. The zero-order valence-electron chi connectivity index (χ0n) is 12.5. The van der Waals surface area contributed by atoms with E-state index in [1.807, 2.05) is 19.1 Å². The van der Waals surface area contributed by atoms with Crippen molar-refractivity contribution >= 4 is 21.8 Å². The third-order valence-corrected chi connectivity index (χ3v) is 4.34. The molecule has 1 N–H and O–H groups in total. The van der Waals surface area contributed by atoms with Crippen LogP contribution in [0.5, 0.6) is 0 Å². The third-order valence-electron chi connectivity index (χ3n) is 3.48. The fourth-order valence-corrected chi connectivity index (χ4v) is 2.63. The monoisotopic (exact) mass is 350 g/mol. The predicted molar refractivity (Wildman–Crippen MR) is 85.3 cm³/mol. The highest BCUT2D eigenvalue weighted by atomic mass is 79.9. The molecule has 1 amide bonds. The molecule has 1 heterocycles. The van der Waals surface area contributed by atoms with Gasteiger partial charge < -0.3 is 5.32 Å². The van der Waals surface area contributed by atoms with Crippen molar-refractivity contribution in [1.82, 2.24) is 20.3 Å². The highest BCUT2D eigenvalue weighted by molar-refractivity contribution is 9.10. The first-order valence-corrected chi connectivity index (χ1v) is 7.76. The van der Waals surface area contributed by atoms with Gasteiger partial charge >= 0.3 is 0 Å². The van der Waals surface area contributed by atoms with E-state index >= 15 is 0 Å². The molecule has 112 valence electrons. The average Bonchev–Trinajstić information content (AvgIpc) is 2.84. The van der Waals surface area contributed by atoms with Crippen LogP contribution in [0, 0.1) is 13.8 Å². The van der Waals surface area contributed by atoms with Crippen LogP contribution in [0.2, 0.25) is 0 Å². The van der Waals surface area contributed by atoms with E-state index in [9.17, 15) is 4.79 Å². The van der Waals surface area contributed by atoms with Gasteiger partial charge in [0.1, 0.15) is 5.69 Å². The number of hydrogen-bond donors (Lipinski definition) is 1. The molecule has 0 fully saturated rings. The molecule has 6 heteroatoms. The number of carbonyl (C=O) groups excluding carboxylic acids is 1. The molecule has 0 saturated heterocycles. The van der Waals surface area contributed by atoms with Crippen molar-refractivity contribution < 1.29 is 4.79 Å². The molecular weight excluding hydrogens is 332 g/mol. The molecule has 0 bridgehead atoms. The van der Waals surface area contributed by atoms with Crippen LogP contribution in [0.1, 0.15) is 34.2 Å². The minimum Gasteiger partial charge on any atom is -0.350 e. The van der Waals surface area contributed by atoms with Gasteiger partial charge in [-0.3, -0.25) is 4.79 Å². The number of hydrogen-bond acceptors (Lipinski definition) is 3. The van der Waals surface area contributed by atoms with Crippen LogP contribution < -0.4 is 5.32 Å². The standard InChI is InChI=1S/C15H19BrN4O/c1-4-20-14(11(3)18-19-20)15(21)17-9-8-12-6-5-7-13(16)10(12)2/h5-7H,4,8-9H2,1-3H3,(H,17,21). The van der Waals surface area contributed by atoms with E-state index in [-0.39, 0.29) is 5.91 Å². The molecule has 0 unspecified atom stereocenters. The number of nitrogens with one attached hydrogen (secondary N) is 1. The zero-order valence-corrected chi connectivity index (χ0v) is 14.1. The van der Waals surface area contributed by atoms with Crippen molar-refractivity contribution in [3.8, 4) is 0 Å². The summed E-state index contributed by atoms with van der Waals surface area (Å²) in [6.07, 6.45) is 0.795. The molecule has 21 heavy (non-hydrogen) atoms. The van der Waals surface area contributed by atoms with Gasteiger partial charge in [-0.2, -0.15) is 0 Å². The van der Waals surface area contributed by atoms with Crippen LogP contribution in [-0.2, 0) is 13.0 Å². The Morgan fingerprint density at radius 1 is 1.38 bits per heavy atom. The molecule has 0 saturated carbocycles. The number of nitrogens with zero attached hydrogens (tertiary/aromatic N) is 3. The minimum atomic E-state index is -0.119. The summed E-state index contributed by atoms with van der Waals surface area (Å²) in [5.74, 6) is -0.119. The normalized spacial score (nSPS) is 10.7. The fraction of sp³-hybridized carbons (Fsp3) is 0.400. The van der Waals surface area contributed by atoms with Crippen molar-refractivity contribution in [2.24, 2.45) is 0 Å². The van der Waals surface area contributed by atoms with E-state index in [2.05, 4.69) is 44.5 Å². The molecule has 0 spiro atoms. The SMILES string of the molecule is CCn1nnc(C)c1C(=O)NCCc1cccc(Br)c1C. The smallest absolute Gasteiger partial charge is 0.271 e. The Morgan fingerprint density at radius 3 is 2.86 bits per heavy atom. The van der Waals surface area contributed by atoms with Crippen LogP contribution in [0.25, 0.3) is 0 Å². The maximum atomic E-state index is 12.2. The molecule has 1 aromatic carbocycles. The highest BCUT2D eigenvalue weighted by Crippen LogP contribution is 2.19. The third kappa shape index (κ3) is 3.50. The summed E-state index contributed by atoms with van der Waals surface area (Å²) in [5.41, 5.74) is 3.64. The molecule has 0 atom stereocenters. The second-order valence-corrected chi connectivity index (χ2v) is 5.72. The number of aromatic nitrogens is 3. The van der Waals surface area contributed by atoms with Crippen LogP contribution in [0.15, 0.2) is 22.7 Å². The molecule has 0 radical (unpaired) electrons. The molecule has 5 nitrogen and oxygen atoms in total. The Hall–Kier alpha value is -1.69. The van der Waals surface area contributed by atoms with Crippen molar-refractivity contribution in [2.75, 3.05) is 6.54 Å². The second kappa shape index (κ2) is 6.85. The van der Waals surface area contributed by atoms with Gasteiger partial charge in [0, 0.05) is 17.6 Å². The molecule has 2 aromatic rings. The van der Waals surface area contributed by atoms with Crippen molar-refractivity contribution in [1.29, 1.82) is 0 Å². The molecule has 1 aromatic heterocycles. The number of amides is 1. The van der Waals surface area contributed by atoms with E-state index in [4.69, 9.17) is 0 Å². The average molecular weight is 351 g/mol. The van der Waals surface area contributed by atoms with Gasteiger partial charge in [0.25, 0.3) is 5.91 Å². The lowest BCUT2D eigenvalue weighted by atomic mass is 10.1. The quantitative estimate of drug-likeness (QED) is 0.901. The Balaban J connectivity index is 1.99. The molecular formula is C15H19BrN4O. The first-order valence-electron chi connectivity index (χ1n) is 6.96. The second-order valence-electron chi connectivity index (χ2n) is 4.87. The van der Waals surface area contributed by atoms with Gasteiger partial charge in [0.2, 0.25) is 0 Å². The van der Waals surface area contributed by atoms with Gasteiger partial charge in [0.15, 0.2) is 0 Å². The van der Waals surface area contributed by atoms with Crippen LogP contribution in [0.3, 0.4) is 0 Å². The lowest BCUT2D eigenvalue weighted by Gasteiger charge is -2.09. The van der Waals surface area contributed by atoms with Crippen molar-refractivity contribution in [2.45, 2.75) is 33.7 Å². The summed E-state index contributed by atoms with van der Waals surface area (Å²) in [5, 5.41) is 10.8. The number of aryl methyl sites for hydroxylation is 2. The van der Waals surface area contributed by atoms with Gasteiger partial charge in [-0.25, -0.2) is 4.68 Å². The maximum absolute atomic E-state index is 12.2. The van der Waals surface area contributed by atoms with Gasteiger partial charge in [-0.15, -0.1) is 5.10 Å². The number of carbonyl (C=O) groups is 1. The van der Waals surface area contributed by atoms with Crippen molar-refractivity contribution in [3.63, 3.8) is 0 Å².